The largest absolute Gasteiger partial charge is 0.256 e. The Bertz CT molecular complexity index is 498. The van der Waals surface area contributed by atoms with Crippen molar-refractivity contribution in [3.05, 3.63) is 47.6 Å². The Labute approximate surface area is 91.5 Å². The number of alkyl halides is 1. The number of nitriles is 1. The predicted molar refractivity (Wildman–Crippen MR) is 55.5 cm³/mol. The van der Waals surface area contributed by atoms with Gasteiger partial charge in [-0.15, -0.1) is 0 Å². The van der Waals surface area contributed by atoms with Crippen molar-refractivity contribution in [3.63, 3.8) is 0 Å². The van der Waals surface area contributed by atoms with Crippen molar-refractivity contribution in [2.75, 3.05) is 0 Å². The van der Waals surface area contributed by atoms with Gasteiger partial charge in [-0.05, 0) is 12.1 Å². The van der Waals surface area contributed by atoms with Crippen molar-refractivity contribution in [3.8, 4) is 6.07 Å². The van der Waals surface area contributed by atoms with Gasteiger partial charge in [-0.1, -0.05) is 12.1 Å². The first-order chi connectivity index (χ1) is 7.74. The van der Waals surface area contributed by atoms with Crippen LogP contribution in [0.1, 0.15) is 12.1 Å². The molecule has 0 unspecified atom stereocenters. The maximum absolute atomic E-state index is 13.8. The van der Waals surface area contributed by atoms with Gasteiger partial charge in [-0.3, -0.25) is 4.98 Å². The highest BCUT2D eigenvalue weighted by Crippen LogP contribution is 2.33. The number of rotatable bonds is 1. The smallest absolute Gasteiger partial charge is 0.148 e. The number of pyridine rings is 1. The molecule has 1 aliphatic carbocycles. The quantitative estimate of drug-likeness (QED) is 0.726. The Balaban J connectivity index is 2.47. The molecule has 0 radical (unpaired) electrons. The van der Waals surface area contributed by atoms with Crippen LogP contribution in [0.4, 0.5) is 8.78 Å². The number of hydrogen-bond acceptors (Lipinski definition) is 2. The molecule has 0 saturated carbocycles. The van der Waals surface area contributed by atoms with Gasteiger partial charge in [0.2, 0.25) is 0 Å². The lowest BCUT2D eigenvalue weighted by Crippen LogP contribution is -2.10. The van der Waals surface area contributed by atoms with Gasteiger partial charge in [0.25, 0.3) is 0 Å². The molecule has 4 heteroatoms. The van der Waals surface area contributed by atoms with Crippen LogP contribution < -0.4 is 0 Å². The first-order valence-corrected chi connectivity index (χ1v) is 4.80. The highest BCUT2D eigenvalue weighted by molar-refractivity contribution is 5.78. The van der Waals surface area contributed by atoms with Crippen LogP contribution >= 0.6 is 0 Å². The van der Waals surface area contributed by atoms with E-state index < -0.39 is 17.6 Å². The molecule has 0 saturated heterocycles. The van der Waals surface area contributed by atoms with Crippen molar-refractivity contribution < 1.29 is 8.78 Å². The normalized spacial score (nSPS) is 20.3. The van der Waals surface area contributed by atoms with Gasteiger partial charge in [-0.2, -0.15) is 5.26 Å². The topological polar surface area (TPSA) is 36.7 Å². The summed E-state index contributed by atoms with van der Waals surface area (Å²) in [6.07, 6.45) is 1.43. The molecular weight excluding hydrogens is 210 g/mol. The van der Waals surface area contributed by atoms with E-state index in [2.05, 4.69) is 4.98 Å². The van der Waals surface area contributed by atoms with Crippen molar-refractivity contribution in [1.29, 1.82) is 5.26 Å². The highest BCUT2D eigenvalue weighted by Gasteiger charge is 2.25. The van der Waals surface area contributed by atoms with Gasteiger partial charge in [0.1, 0.15) is 23.6 Å². The zero-order valence-electron chi connectivity index (χ0n) is 8.32. The van der Waals surface area contributed by atoms with E-state index in [9.17, 15) is 8.78 Å². The molecule has 1 heterocycles. The third-order valence-corrected chi connectivity index (χ3v) is 2.38. The summed E-state index contributed by atoms with van der Waals surface area (Å²) in [6, 6.07) is 6.61. The van der Waals surface area contributed by atoms with Crippen LogP contribution in [0.2, 0.25) is 0 Å². The molecule has 0 aromatic carbocycles. The van der Waals surface area contributed by atoms with Crippen LogP contribution in [0.25, 0.3) is 5.57 Å². The minimum atomic E-state index is -1.54. The van der Waals surface area contributed by atoms with Gasteiger partial charge < -0.3 is 0 Å². The fourth-order valence-corrected chi connectivity index (χ4v) is 1.57. The molecule has 0 bridgehead atoms. The molecule has 1 aromatic rings. The minimum Gasteiger partial charge on any atom is -0.256 e. The third-order valence-electron chi connectivity index (χ3n) is 2.38. The van der Waals surface area contributed by atoms with Crippen LogP contribution in [0.5, 0.6) is 0 Å². The van der Waals surface area contributed by atoms with Gasteiger partial charge in [-0.25, -0.2) is 8.78 Å². The van der Waals surface area contributed by atoms with Crippen molar-refractivity contribution >= 4 is 5.57 Å². The van der Waals surface area contributed by atoms with Crippen LogP contribution in [-0.4, -0.2) is 11.2 Å². The van der Waals surface area contributed by atoms with Crippen LogP contribution in [-0.2, 0) is 0 Å². The highest BCUT2D eigenvalue weighted by atomic mass is 19.1. The summed E-state index contributed by atoms with van der Waals surface area (Å²) in [5.74, 6) is -0.806. The molecular formula is C12H8F2N2. The van der Waals surface area contributed by atoms with E-state index in [1.165, 1.54) is 12.3 Å². The Hall–Kier alpha value is -2.02. The van der Waals surface area contributed by atoms with E-state index in [0.29, 0.717) is 5.69 Å². The predicted octanol–water partition coefficient (Wildman–Crippen LogP) is 2.95. The molecule has 2 nitrogen and oxygen atoms in total. The van der Waals surface area contributed by atoms with Crippen LogP contribution in [0.3, 0.4) is 0 Å². The van der Waals surface area contributed by atoms with Gasteiger partial charge in [0.15, 0.2) is 0 Å². The molecule has 1 aliphatic rings. The summed E-state index contributed by atoms with van der Waals surface area (Å²) in [5, 5.41) is 8.66. The second kappa shape index (κ2) is 4.23. The SMILES string of the molecule is N#CC1=C(F)C(c2ccccn2)=CC[C@@H]1F. The standard InChI is InChI=1S/C12H8F2N2/c13-10-5-4-8(12(14)9(10)7-15)11-3-1-2-6-16-11/h1-4,6,10H,5H2/t10-/m0/s1. The fraction of sp³-hybridized carbons (Fsp3) is 0.167. The summed E-state index contributed by atoms with van der Waals surface area (Å²) >= 11 is 0. The third kappa shape index (κ3) is 1.72. The minimum absolute atomic E-state index is 0.0161. The summed E-state index contributed by atoms with van der Waals surface area (Å²) in [5.41, 5.74) is 0.175. The summed E-state index contributed by atoms with van der Waals surface area (Å²) < 4.78 is 27.0. The zero-order chi connectivity index (χ0) is 11.5. The molecule has 0 fully saturated rings. The summed E-state index contributed by atoms with van der Waals surface area (Å²) in [4.78, 5) is 3.97. The van der Waals surface area contributed by atoms with Gasteiger partial charge in [0.05, 0.1) is 5.69 Å². The molecule has 1 aromatic heterocycles. The molecule has 0 N–H and O–H groups in total. The molecule has 0 spiro atoms. The van der Waals surface area contributed by atoms with E-state index in [0.717, 1.165) is 0 Å². The molecule has 80 valence electrons. The summed E-state index contributed by atoms with van der Waals surface area (Å²) in [6.45, 7) is 0. The number of nitrogens with zero attached hydrogens (tertiary/aromatic N) is 2. The lowest BCUT2D eigenvalue weighted by Gasteiger charge is -2.14. The second-order valence-corrected chi connectivity index (χ2v) is 3.38. The molecule has 1 atom stereocenters. The number of halogens is 2. The first-order valence-electron chi connectivity index (χ1n) is 4.80. The maximum atomic E-state index is 13.8. The Morgan fingerprint density at radius 2 is 2.25 bits per heavy atom. The van der Waals surface area contributed by atoms with E-state index in [-0.39, 0.29) is 12.0 Å². The maximum Gasteiger partial charge on any atom is 0.148 e. The Kier molecular flexibility index (Phi) is 2.78. The van der Waals surface area contributed by atoms with Crippen molar-refractivity contribution in [2.24, 2.45) is 0 Å². The zero-order valence-corrected chi connectivity index (χ0v) is 8.32. The Morgan fingerprint density at radius 1 is 1.44 bits per heavy atom. The number of aromatic nitrogens is 1. The monoisotopic (exact) mass is 218 g/mol. The molecule has 0 aliphatic heterocycles. The average Bonchev–Trinajstić information content (AvgIpc) is 2.31. The van der Waals surface area contributed by atoms with Crippen molar-refractivity contribution in [1.82, 2.24) is 4.98 Å². The second-order valence-electron chi connectivity index (χ2n) is 3.38. The number of allylic oxidation sites excluding steroid dienone is 4. The van der Waals surface area contributed by atoms with Gasteiger partial charge >= 0.3 is 0 Å². The van der Waals surface area contributed by atoms with E-state index in [4.69, 9.17) is 5.26 Å². The van der Waals surface area contributed by atoms with E-state index >= 15 is 0 Å². The Morgan fingerprint density at radius 3 is 2.88 bits per heavy atom. The first kappa shape index (κ1) is 10.5. The van der Waals surface area contributed by atoms with E-state index in [1.807, 2.05) is 0 Å². The van der Waals surface area contributed by atoms with Crippen LogP contribution in [0.15, 0.2) is 41.9 Å². The van der Waals surface area contributed by atoms with Crippen molar-refractivity contribution in [2.45, 2.75) is 12.6 Å². The molecule has 2 rings (SSSR count). The molecule has 0 amide bonds. The lowest BCUT2D eigenvalue weighted by molar-refractivity contribution is 0.381. The van der Waals surface area contributed by atoms with Crippen LogP contribution in [0, 0.1) is 11.3 Å². The summed E-state index contributed by atoms with van der Waals surface area (Å²) in [7, 11) is 0. The fourth-order valence-electron chi connectivity index (χ4n) is 1.57. The van der Waals surface area contributed by atoms with Gasteiger partial charge in [0, 0.05) is 18.2 Å². The van der Waals surface area contributed by atoms with E-state index in [1.54, 1.807) is 24.3 Å². The number of hydrogen-bond donors (Lipinski definition) is 0. The average molecular weight is 218 g/mol. The lowest BCUT2D eigenvalue weighted by atomic mass is 9.95. The molecule has 16 heavy (non-hydrogen) atoms.